The molecule has 2 aromatic rings. The molecule has 2 atom stereocenters. The Hall–Kier alpha value is -1.96. The van der Waals surface area contributed by atoms with E-state index in [0.717, 1.165) is 22.3 Å². The highest BCUT2D eigenvalue weighted by molar-refractivity contribution is 5.80. The predicted octanol–water partition coefficient (Wildman–Crippen LogP) is 7.52. The number of phenols is 2. The lowest BCUT2D eigenvalue weighted by atomic mass is 9.83. The summed E-state index contributed by atoms with van der Waals surface area (Å²) in [5.74, 6) is 1.48. The van der Waals surface area contributed by atoms with E-state index in [4.69, 9.17) is 0 Å². The summed E-state index contributed by atoms with van der Waals surface area (Å²) in [5, 5.41) is 21.6. The van der Waals surface area contributed by atoms with Crippen LogP contribution in [-0.2, 0) is 0 Å². The van der Waals surface area contributed by atoms with E-state index in [-0.39, 0.29) is 11.5 Å². The van der Waals surface area contributed by atoms with Crippen molar-refractivity contribution in [2.75, 3.05) is 0 Å². The Morgan fingerprint density at radius 2 is 1.52 bits per heavy atom. The van der Waals surface area contributed by atoms with Gasteiger partial charge in [0.25, 0.3) is 0 Å². The maximum absolute atomic E-state index is 10.8. The maximum Gasteiger partial charge on any atom is 0.127 e. The molecular formula is C25H36O2. The molecule has 2 nitrogen and oxygen atoms in total. The van der Waals surface area contributed by atoms with Gasteiger partial charge in [0.2, 0.25) is 0 Å². The minimum Gasteiger partial charge on any atom is -0.507 e. The Bertz CT molecular complexity index is 738. The molecule has 2 heteroatoms. The molecule has 0 amide bonds. The number of hydrogen-bond acceptors (Lipinski definition) is 2. The van der Waals surface area contributed by atoms with Crippen molar-refractivity contribution in [2.45, 2.75) is 79.1 Å². The fraction of sp³-hybridized carbons (Fsp3) is 0.520. The molecule has 2 rings (SSSR count). The van der Waals surface area contributed by atoms with Gasteiger partial charge < -0.3 is 10.2 Å². The first kappa shape index (κ1) is 21.3. The standard InChI is InChI=1S/C25H36O2/c1-7-8-9-10-18(5)19(6)20-14-23(26)25(24(27)15-20)22-13-17(4)11-12-21(22)16(2)3/h11-16,18-19,26-27H,7-10H2,1-6H3. The molecule has 0 bridgehead atoms. The lowest BCUT2D eigenvalue weighted by molar-refractivity contribution is 0.421. The van der Waals surface area contributed by atoms with Gasteiger partial charge in [-0.15, -0.1) is 0 Å². The first-order valence-electron chi connectivity index (χ1n) is 10.4. The van der Waals surface area contributed by atoms with Gasteiger partial charge in [0.05, 0.1) is 5.56 Å². The van der Waals surface area contributed by atoms with Crippen molar-refractivity contribution in [3.8, 4) is 22.6 Å². The number of phenolic OH excluding ortho intramolecular Hbond substituents is 2. The molecule has 0 aliphatic heterocycles. The van der Waals surface area contributed by atoms with Crippen molar-refractivity contribution in [3.63, 3.8) is 0 Å². The van der Waals surface area contributed by atoms with Crippen LogP contribution in [0.1, 0.15) is 88.8 Å². The van der Waals surface area contributed by atoms with Crippen molar-refractivity contribution in [1.82, 2.24) is 0 Å². The molecule has 0 radical (unpaired) electrons. The summed E-state index contributed by atoms with van der Waals surface area (Å²) in [6.07, 6.45) is 4.90. The molecule has 2 N–H and O–H groups in total. The van der Waals surface area contributed by atoms with E-state index in [1.807, 2.05) is 19.1 Å². The molecular weight excluding hydrogens is 332 g/mol. The van der Waals surface area contributed by atoms with Crippen molar-refractivity contribution in [1.29, 1.82) is 0 Å². The van der Waals surface area contributed by atoms with Crippen LogP contribution < -0.4 is 0 Å². The van der Waals surface area contributed by atoms with Gasteiger partial charge in [-0.1, -0.05) is 84.1 Å². The summed E-state index contributed by atoms with van der Waals surface area (Å²) in [5.41, 5.74) is 4.75. The van der Waals surface area contributed by atoms with Crippen LogP contribution in [0.15, 0.2) is 30.3 Å². The van der Waals surface area contributed by atoms with Crippen molar-refractivity contribution in [2.24, 2.45) is 5.92 Å². The van der Waals surface area contributed by atoms with Gasteiger partial charge in [0.15, 0.2) is 0 Å². The number of unbranched alkanes of at least 4 members (excludes halogenated alkanes) is 2. The second-order valence-corrected chi connectivity index (χ2v) is 8.44. The number of rotatable bonds is 8. The Morgan fingerprint density at radius 3 is 2.07 bits per heavy atom. The number of hydrogen-bond donors (Lipinski definition) is 2. The first-order chi connectivity index (χ1) is 12.8. The van der Waals surface area contributed by atoms with Crippen molar-refractivity contribution >= 4 is 0 Å². The van der Waals surface area contributed by atoms with E-state index in [0.29, 0.717) is 23.3 Å². The van der Waals surface area contributed by atoms with Crippen LogP contribution in [-0.4, -0.2) is 10.2 Å². The second-order valence-electron chi connectivity index (χ2n) is 8.44. The molecule has 0 heterocycles. The van der Waals surface area contributed by atoms with Crippen LogP contribution in [0.3, 0.4) is 0 Å². The minimum absolute atomic E-state index is 0.171. The zero-order chi connectivity index (χ0) is 20.1. The van der Waals surface area contributed by atoms with Crippen molar-refractivity contribution < 1.29 is 10.2 Å². The fourth-order valence-corrected chi connectivity index (χ4v) is 3.86. The third-order valence-electron chi connectivity index (χ3n) is 5.86. The van der Waals surface area contributed by atoms with E-state index >= 15 is 0 Å². The molecule has 148 valence electrons. The molecule has 2 aromatic carbocycles. The van der Waals surface area contributed by atoms with Crippen LogP contribution >= 0.6 is 0 Å². The quantitative estimate of drug-likeness (QED) is 0.473. The molecule has 0 fully saturated rings. The van der Waals surface area contributed by atoms with Gasteiger partial charge in [-0.05, 0) is 53.5 Å². The highest BCUT2D eigenvalue weighted by atomic mass is 16.3. The monoisotopic (exact) mass is 368 g/mol. The number of benzene rings is 2. The summed E-state index contributed by atoms with van der Waals surface area (Å²) < 4.78 is 0. The summed E-state index contributed by atoms with van der Waals surface area (Å²) >= 11 is 0. The zero-order valence-corrected chi connectivity index (χ0v) is 17.8. The van der Waals surface area contributed by atoms with Gasteiger partial charge >= 0.3 is 0 Å². The Morgan fingerprint density at radius 1 is 0.889 bits per heavy atom. The van der Waals surface area contributed by atoms with Gasteiger partial charge in [0.1, 0.15) is 11.5 Å². The Kier molecular flexibility index (Phi) is 7.35. The fourth-order valence-electron chi connectivity index (χ4n) is 3.86. The van der Waals surface area contributed by atoms with Crippen LogP contribution in [0.25, 0.3) is 11.1 Å². The van der Waals surface area contributed by atoms with E-state index in [9.17, 15) is 10.2 Å². The van der Waals surface area contributed by atoms with Gasteiger partial charge in [0, 0.05) is 0 Å². The number of aryl methyl sites for hydroxylation is 1. The van der Waals surface area contributed by atoms with Crippen LogP contribution in [0.2, 0.25) is 0 Å². The van der Waals surface area contributed by atoms with Gasteiger partial charge in [-0.25, -0.2) is 0 Å². The van der Waals surface area contributed by atoms with Crippen LogP contribution in [0.4, 0.5) is 0 Å². The minimum atomic E-state index is 0.171. The van der Waals surface area contributed by atoms with E-state index < -0.39 is 0 Å². The lowest BCUT2D eigenvalue weighted by Gasteiger charge is -2.22. The third kappa shape index (κ3) is 5.06. The highest BCUT2D eigenvalue weighted by Crippen LogP contribution is 2.44. The van der Waals surface area contributed by atoms with E-state index in [1.165, 1.54) is 25.7 Å². The number of aromatic hydroxyl groups is 2. The largest absolute Gasteiger partial charge is 0.507 e. The van der Waals surface area contributed by atoms with E-state index in [2.05, 4.69) is 52.8 Å². The second kappa shape index (κ2) is 9.30. The van der Waals surface area contributed by atoms with E-state index in [1.54, 1.807) is 0 Å². The molecule has 27 heavy (non-hydrogen) atoms. The smallest absolute Gasteiger partial charge is 0.127 e. The molecule has 2 unspecified atom stereocenters. The lowest BCUT2D eigenvalue weighted by Crippen LogP contribution is -2.06. The normalized spacial score (nSPS) is 13.7. The topological polar surface area (TPSA) is 40.5 Å². The molecule has 0 saturated heterocycles. The van der Waals surface area contributed by atoms with Crippen LogP contribution in [0.5, 0.6) is 11.5 Å². The summed E-state index contributed by atoms with van der Waals surface area (Å²) in [6, 6.07) is 9.94. The molecule has 0 aliphatic rings. The average molecular weight is 369 g/mol. The molecule has 0 aromatic heterocycles. The highest BCUT2D eigenvalue weighted by Gasteiger charge is 2.21. The summed E-state index contributed by atoms with van der Waals surface area (Å²) in [6.45, 7) is 13.0. The van der Waals surface area contributed by atoms with Crippen molar-refractivity contribution in [3.05, 3.63) is 47.0 Å². The summed E-state index contributed by atoms with van der Waals surface area (Å²) in [7, 11) is 0. The Balaban J connectivity index is 2.40. The molecule has 0 saturated carbocycles. The SMILES string of the molecule is CCCCCC(C)C(C)c1cc(O)c(-c2cc(C)ccc2C(C)C)c(O)c1. The third-order valence-corrected chi connectivity index (χ3v) is 5.86. The van der Waals surface area contributed by atoms with Crippen LogP contribution in [0, 0.1) is 12.8 Å². The maximum atomic E-state index is 10.8. The molecule has 0 spiro atoms. The van der Waals surface area contributed by atoms with Gasteiger partial charge in [-0.3, -0.25) is 0 Å². The predicted molar refractivity (Wildman–Crippen MR) is 116 cm³/mol. The zero-order valence-electron chi connectivity index (χ0n) is 17.8. The Labute approximate surface area is 165 Å². The first-order valence-corrected chi connectivity index (χ1v) is 10.4. The average Bonchev–Trinajstić information content (AvgIpc) is 2.60. The van der Waals surface area contributed by atoms with Gasteiger partial charge in [-0.2, -0.15) is 0 Å². The summed E-state index contributed by atoms with van der Waals surface area (Å²) in [4.78, 5) is 0. The molecule has 0 aliphatic carbocycles.